The molecule has 1 saturated heterocycles. The Balaban J connectivity index is 2.19. The van der Waals surface area contributed by atoms with Crippen LogP contribution in [0.3, 0.4) is 0 Å². The standard InChI is InChI=1S/C22H30N4O8/c1-12(27)18(22(33)34)26-21(32)16(11-17(28)29)25-20(31)15(10-13-6-3-2-4-7-13)24-19(30)14-8-5-9-23-14/h2-4,6-7,12,14-16,18,23,27H,5,8-11H2,1H3,(H,24,30)(H,25,31)(H,26,32)(H,28,29)(H,33,34). The number of hydrogen-bond acceptors (Lipinski definition) is 7. The number of aliphatic carboxylic acids is 2. The minimum Gasteiger partial charge on any atom is -0.481 e. The molecule has 0 aromatic heterocycles. The fraction of sp³-hybridized carbons (Fsp3) is 0.500. The van der Waals surface area contributed by atoms with Crippen molar-refractivity contribution in [2.24, 2.45) is 0 Å². The summed E-state index contributed by atoms with van der Waals surface area (Å²) in [5.74, 6) is -5.23. The van der Waals surface area contributed by atoms with Gasteiger partial charge in [-0.3, -0.25) is 19.2 Å². The number of aliphatic hydroxyl groups is 1. The van der Waals surface area contributed by atoms with E-state index in [4.69, 9.17) is 5.11 Å². The van der Waals surface area contributed by atoms with Gasteiger partial charge in [0.1, 0.15) is 12.1 Å². The zero-order valence-electron chi connectivity index (χ0n) is 18.7. The van der Waals surface area contributed by atoms with Gasteiger partial charge in [-0.05, 0) is 31.9 Å². The fourth-order valence-corrected chi connectivity index (χ4v) is 3.54. The molecule has 12 nitrogen and oxygen atoms in total. The first-order valence-electron chi connectivity index (χ1n) is 10.9. The maximum Gasteiger partial charge on any atom is 0.328 e. The van der Waals surface area contributed by atoms with Crippen LogP contribution in [0.25, 0.3) is 0 Å². The van der Waals surface area contributed by atoms with Gasteiger partial charge in [-0.25, -0.2) is 4.79 Å². The third kappa shape index (κ3) is 8.12. The summed E-state index contributed by atoms with van der Waals surface area (Å²) in [6.07, 6.45) is -0.807. The Morgan fingerprint density at radius 2 is 1.65 bits per heavy atom. The van der Waals surface area contributed by atoms with Gasteiger partial charge in [0.15, 0.2) is 6.04 Å². The van der Waals surface area contributed by atoms with Gasteiger partial charge in [0.2, 0.25) is 17.7 Å². The van der Waals surface area contributed by atoms with Crippen LogP contribution in [-0.2, 0) is 30.4 Å². The minimum absolute atomic E-state index is 0.0813. The summed E-state index contributed by atoms with van der Waals surface area (Å²) in [5, 5.41) is 38.0. The number of nitrogens with one attached hydrogen (secondary N) is 4. The molecule has 1 heterocycles. The van der Waals surface area contributed by atoms with Crippen molar-refractivity contribution in [3.63, 3.8) is 0 Å². The molecule has 1 fully saturated rings. The predicted octanol–water partition coefficient (Wildman–Crippen LogP) is -1.62. The molecular weight excluding hydrogens is 448 g/mol. The van der Waals surface area contributed by atoms with E-state index in [-0.39, 0.29) is 6.42 Å². The third-order valence-electron chi connectivity index (χ3n) is 5.35. The molecule has 5 atom stereocenters. The van der Waals surface area contributed by atoms with E-state index in [0.717, 1.165) is 18.9 Å². The van der Waals surface area contributed by atoms with Crippen molar-refractivity contribution in [1.82, 2.24) is 21.3 Å². The lowest BCUT2D eigenvalue weighted by molar-refractivity contribution is -0.146. The van der Waals surface area contributed by atoms with Crippen molar-refractivity contribution < 1.29 is 39.3 Å². The van der Waals surface area contributed by atoms with E-state index in [1.807, 2.05) is 5.32 Å². The number of aliphatic hydroxyl groups excluding tert-OH is 1. The van der Waals surface area contributed by atoms with Crippen molar-refractivity contribution in [2.45, 2.75) is 62.9 Å². The van der Waals surface area contributed by atoms with Crippen LogP contribution in [0.2, 0.25) is 0 Å². The van der Waals surface area contributed by atoms with Crippen molar-refractivity contribution >= 4 is 29.7 Å². The summed E-state index contributed by atoms with van der Waals surface area (Å²) < 4.78 is 0. The van der Waals surface area contributed by atoms with Gasteiger partial charge in [0.25, 0.3) is 0 Å². The number of carbonyl (C=O) groups is 5. The second kappa shape index (κ2) is 12.7. The smallest absolute Gasteiger partial charge is 0.328 e. The topological polar surface area (TPSA) is 194 Å². The molecule has 0 spiro atoms. The highest BCUT2D eigenvalue weighted by Crippen LogP contribution is 2.09. The highest BCUT2D eigenvalue weighted by atomic mass is 16.4. The van der Waals surface area contributed by atoms with Gasteiger partial charge in [0.05, 0.1) is 18.6 Å². The van der Waals surface area contributed by atoms with Gasteiger partial charge in [0, 0.05) is 6.42 Å². The second-order valence-electron chi connectivity index (χ2n) is 8.12. The van der Waals surface area contributed by atoms with Gasteiger partial charge < -0.3 is 36.6 Å². The Kier molecular flexibility index (Phi) is 9.95. The summed E-state index contributed by atoms with van der Waals surface area (Å²) in [4.78, 5) is 60.8. The summed E-state index contributed by atoms with van der Waals surface area (Å²) in [6, 6.07) is 3.89. The van der Waals surface area contributed by atoms with Crippen LogP contribution in [0, 0.1) is 0 Å². The Hall–Kier alpha value is -3.51. The fourth-order valence-electron chi connectivity index (χ4n) is 3.54. The monoisotopic (exact) mass is 478 g/mol. The van der Waals surface area contributed by atoms with Gasteiger partial charge in [-0.15, -0.1) is 0 Å². The first kappa shape index (κ1) is 26.7. The Morgan fingerprint density at radius 1 is 1.00 bits per heavy atom. The molecule has 2 rings (SSSR count). The molecule has 3 amide bonds. The molecule has 1 aromatic rings. The van der Waals surface area contributed by atoms with Crippen molar-refractivity contribution in [3.8, 4) is 0 Å². The second-order valence-corrected chi connectivity index (χ2v) is 8.12. The van der Waals surface area contributed by atoms with Crippen LogP contribution in [0.5, 0.6) is 0 Å². The molecule has 0 bridgehead atoms. The van der Waals surface area contributed by atoms with Crippen LogP contribution >= 0.6 is 0 Å². The van der Waals surface area contributed by atoms with Crippen LogP contribution in [0.4, 0.5) is 0 Å². The first-order chi connectivity index (χ1) is 16.1. The van der Waals surface area contributed by atoms with Crippen LogP contribution in [-0.4, -0.2) is 81.8 Å². The molecule has 1 aliphatic rings. The Bertz CT molecular complexity index is 886. The minimum atomic E-state index is -1.70. The summed E-state index contributed by atoms with van der Waals surface area (Å²) in [7, 11) is 0. The lowest BCUT2D eigenvalue weighted by Crippen LogP contribution is -2.59. The molecule has 0 saturated carbocycles. The van der Waals surface area contributed by atoms with Gasteiger partial charge in [-0.1, -0.05) is 30.3 Å². The third-order valence-corrected chi connectivity index (χ3v) is 5.35. The average Bonchev–Trinajstić information content (AvgIpc) is 3.31. The van der Waals surface area contributed by atoms with E-state index in [0.29, 0.717) is 13.0 Å². The van der Waals surface area contributed by atoms with E-state index in [1.165, 1.54) is 0 Å². The van der Waals surface area contributed by atoms with Crippen LogP contribution in [0.15, 0.2) is 30.3 Å². The molecule has 0 aliphatic carbocycles. The number of carbonyl (C=O) groups excluding carboxylic acids is 3. The van der Waals surface area contributed by atoms with E-state index < -0.39 is 66.4 Å². The summed E-state index contributed by atoms with van der Waals surface area (Å²) in [5.41, 5.74) is 0.724. The SMILES string of the molecule is CC(O)C(NC(=O)C(CC(=O)O)NC(=O)C(Cc1ccccc1)NC(=O)C1CCCN1)C(=O)O. The molecule has 186 valence electrons. The number of carboxylic acids is 2. The van der Waals surface area contributed by atoms with Crippen LogP contribution < -0.4 is 21.3 Å². The maximum absolute atomic E-state index is 13.1. The van der Waals surface area contributed by atoms with E-state index >= 15 is 0 Å². The maximum atomic E-state index is 13.1. The molecule has 34 heavy (non-hydrogen) atoms. The van der Waals surface area contributed by atoms with Gasteiger partial charge in [-0.2, -0.15) is 0 Å². The molecule has 12 heteroatoms. The number of amides is 3. The molecule has 1 aromatic carbocycles. The van der Waals surface area contributed by atoms with Gasteiger partial charge >= 0.3 is 11.9 Å². The summed E-state index contributed by atoms with van der Waals surface area (Å²) >= 11 is 0. The zero-order valence-corrected chi connectivity index (χ0v) is 18.7. The molecule has 0 radical (unpaired) electrons. The zero-order chi connectivity index (χ0) is 25.3. The Labute approximate surface area is 196 Å². The Morgan fingerprint density at radius 3 is 2.18 bits per heavy atom. The highest BCUT2D eigenvalue weighted by molar-refractivity contribution is 5.95. The average molecular weight is 479 g/mol. The number of benzene rings is 1. The van der Waals surface area contributed by atoms with Crippen molar-refractivity contribution in [3.05, 3.63) is 35.9 Å². The van der Waals surface area contributed by atoms with Crippen LogP contribution in [0.1, 0.15) is 31.7 Å². The van der Waals surface area contributed by atoms with E-state index in [9.17, 15) is 34.2 Å². The molecule has 7 N–H and O–H groups in total. The molecule has 1 aliphatic heterocycles. The normalized spacial score (nSPS) is 18.7. The van der Waals surface area contributed by atoms with Crippen molar-refractivity contribution in [2.75, 3.05) is 6.54 Å². The van der Waals surface area contributed by atoms with Crippen molar-refractivity contribution in [1.29, 1.82) is 0 Å². The number of hydrogen-bond donors (Lipinski definition) is 7. The first-order valence-corrected chi connectivity index (χ1v) is 10.9. The van der Waals surface area contributed by atoms with E-state index in [2.05, 4.69) is 16.0 Å². The summed E-state index contributed by atoms with van der Waals surface area (Å²) in [6.45, 7) is 1.81. The lowest BCUT2D eigenvalue weighted by Gasteiger charge is -2.25. The molecule has 5 unspecified atom stereocenters. The quantitative estimate of drug-likeness (QED) is 0.185. The highest BCUT2D eigenvalue weighted by Gasteiger charge is 2.33. The largest absolute Gasteiger partial charge is 0.481 e. The lowest BCUT2D eigenvalue weighted by atomic mass is 10.0. The molecular formula is C22H30N4O8. The predicted molar refractivity (Wildman–Crippen MR) is 119 cm³/mol. The van der Waals surface area contributed by atoms with E-state index in [1.54, 1.807) is 30.3 Å². The number of carboxylic acid groups (broad SMARTS) is 2. The number of rotatable bonds is 12.